The third-order valence-corrected chi connectivity index (χ3v) is 3.42. The lowest BCUT2D eigenvalue weighted by atomic mass is 10.1. The highest BCUT2D eigenvalue weighted by molar-refractivity contribution is 8.13. The fourth-order valence-electron chi connectivity index (χ4n) is 1.52. The van der Waals surface area contributed by atoms with Crippen LogP contribution in [0.1, 0.15) is 12.5 Å². The maximum Gasteiger partial charge on any atom is 0.296 e. The number of rotatable bonds is 3. The van der Waals surface area contributed by atoms with Gasteiger partial charge in [0.1, 0.15) is 0 Å². The van der Waals surface area contributed by atoms with Gasteiger partial charge in [-0.05, 0) is 12.0 Å². The Morgan fingerprint density at radius 3 is 2.65 bits per heavy atom. The van der Waals surface area contributed by atoms with E-state index in [0.717, 1.165) is 17.5 Å². The standard InChI is InChI=1S/C10H10ClN3O2S/c1-2-7-5-3-4-6-8(7)9-12-10(14-13-9)17(11,15)16/h3-6H,2H2,1H3,(H,12,13,14). The SMILES string of the molecule is CCc1ccccc1-c1n[nH]c(S(=O)(=O)Cl)n1. The smallest absolute Gasteiger partial charge is 0.248 e. The zero-order valence-corrected chi connectivity index (χ0v) is 10.6. The fourth-order valence-corrected chi connectivity index (χ4v) is 2.08. The Bertz CT molecular complexity index is 637. The highest BCUT2D eigenvalue weighted by Crippen LogP contribution is 2.21. The molecule has 2 rings (SSSR count). The van der Waals surface area contributed by atoms with Gasteiger partial charge in [-0.3, -0.25) is 0 Å². The van der Waals surface area contributed by atoms with Crippen LogP contribution in [0, 0.1) is 0 Å². The molecule has 90 valence electrons. The van der Waals surface area contributed by atoms with Crippen molar-refractivity contribution in [2.45, 2.75) is 18.5 Å². The van der Waals surface area contributed by atoms with E-state index in [1.807, 2.05) is 31.2 Å². The Morgan fingerprint density at radius 2 is 2.06 bits per heavy atom. The Balaban J connectivity index is 2.51. The summed E-state index contributed by atoms with van der Waals surface area (Å²) >= 11 is 0. The number of aryl methyl sites for hydroxylation is 1. The van der Waals surface area contributed by atoms with E-state index in [4.69, 9.17) is 10.7 Å². The number of aromatic amines is 1. The molecule has 1 heterocycles. The zero-order valence-electron chi connectivity index (χ0n) is 9.01. The maximum atomic E-state index is 11.1. The minimum absolute atomic E-state index is 0.333. The Kier molecular flexibility index (Phi) is 3.17. The van der Waals surface area contributed by atoms with Crippen LogP contribution in [0.3, 0.4) is 0 Å². The predicted octanol–water partition coefficient (Wildman–Crippen LogP) is 1.96. The second-order valence-electron chi connectivity index (χ2n) is 3.41. The fraction of sp³-hybridized carbons (Fsp3) is 0.200. The maximum absolute atomic E-state index is 11.1. The number of aromatic nitrogens is 3. The van der Waals surface area contributed by atoms with Crippen molar-refractivity contribution in [2.75, 3.05) is 0 Å². The third-order valence-electron chi connectivity index (χ3n) is 2.34. The van der Waals surface area contributed by atoms with Gasteiger partial charge in [-0.25, -0.2) is 13.5 Å². The van der Waals surface area contributed by atoms with Gasteiger partial charge in [0, 0.05) is 16.2 Å². The molecule has 0 aliphatic carbocycles. The van der Waals surface area contributed by atoms with Crippen molar-refractivity contribution in [3.63, 3.8) is 0 Å². The Morgan fingerprint density at radius 1 is 1.35 bits per heavy atom. The first-order valence-electron chi connectivity index (χ1n) is 4.97. The van der Waals surface area contributed by atoms with Gasteiger partial charge in [0.25, 0.3) is 14.2 Å². The molecule has 0 saturated carbocycles. The van der Waals surface area contributed by atoms with Gasteiger partial charge in [0.05, 0.1) is 0 Å². The lowest BCUT2D eigenvalue weighted by molar-refractivity contribution is 0.602. The number of nitrogens with zero attached hydrogens (tertiary/aromatic N) is 2. The van der Waals surface area contributed by atoms with E-state index in [1.165, 1.54) is 0 Å². The predicted molar refractivity (Wildman–Crippen MR) is 64.2 cm³/mol. The summed E-state index contributed by atoms with van der Waals surface area (Å²) in [5.74, 6) is 0.335. The van der Waals surface area contributed by atoms with Gasteiger partial charge in [0.15, 0.2) is 5.82 Å². The Labute approximate surface area is 103 Å². The summed E-state index contributed by atoms with van der Waals surface area (Å²) in [7, 11) is 1.30. The molecule has 0 saturated heterocycles. The molecule has 1 aromatic carbocycles. The molecule has 17 heavy (non-hydrogen) atoms. The van der Waals surface area contributed by atoms with Crippen LogP contribution < -0.4 is 0 Å². The second-order valence-corrected chi connectivity index (χ2v) is 5.89. The van der Waals surface area contributed by atoms with Crippen molar-refractivity contribution >= 4 is 19.7 Å². The molecule has 1 N–H and O–H groups in total. The van der Waals surface area contributed by atoms with E-state index in [9.17, 15) is 8.42 Å². The molecule has 0 fully saturated rings. The van der Waals surface area contributed by atoms with E-state index >= 15 is 0 Å². The summed E-state index contributed by atoms with van der Waals surface area (Å²) in [6.45, 7) is 2.00. The summed E-state index contributed by atoms with van der Waals surface area (Å²) in [6, 6.07) is 7.54. The highest BCUT2D eigenvalue weighted by Gasteiger charge is 2.17. The molecule has 0 amide bonds. The quantitative estimate of drug-likeness (QED) is 0.866. The lowest BCUT2D eigenvalue weighted by Gasteiger charge is -2.02. The summed E-state index contributed by atoms with van der Waals surface area (Å²) in [4.78, 5) is 3.87. The van der Waals surface area contributed by atoms with Crippen molar-refractivity contribution in [3.05, 3.63) is 29.8 Å². The van der Waals surface area contributed by atoms with Crippen LogP contribution >= 0.6 is 10.7 Å². The highest BCUT2D eigenvalue weighted by atomic mass is 35.7. The number of hydrogen-bond acceptors (Lipinski definition) is 4. The molecule has 0 aliphatic heterocycles. The zero-order chi connectivity index (χ0) is 12.5. The second kappa shape index (κ2) is 4.46. The monoisotopic (exact) mass is 271 g/mol. The van der Waals surface area contributed by atoms with Gasteiger partial charge in [-0.2, -0.15) is 10.1 Å². The molecule has 0 unspecified atom stereocenters. The average Bonchev–Trinajstić information content (AvgIpc) is 2.77. The van der Waals surface area contributed by atoms with Crippen LogP contribution in [-0.4, -0.2) is 23.6 Å². The van der Waals surface area contributed by atoms with Crippen molar-refractivity contribution in [1.82, 2.24) is 15.2 Å². The van der Waals surface area contributed by atoms with Crippen molar-refractivity contribution in [3.8, 4) is 11.4 Å². The first kappa shape index (κ1) is 12.1. The van der Waals surface area contributed by atoms with Crippen LogP contribution in [0.5, 0.6) is 0 Å². The number of halogens is 1. The van der Waals surface area contributed by atoms with Gasteiger partial charge in [-0.15, -0.1) is 0 Å². The van der Waals surface area contributed by atoms with E-state index in [2.05, 4.69) is 15.2 Å². The van der Waals surface area contributed by atoms with Crippen molar-refractivity contribution < 1.29 is 8.42 Å². The van der Waals surface area contributed by atoms with Crippen LogP contribution in [-0.2, 0) is 15.5 Å². The molecule has 0 radical (unpaired) electrons. The third kappa shape index (κ3) is 2.48. The summed E-state index contributed by atoms with van der Waals surface area (Å²) in [5.41, 5.74) is 1.85. The summed E-state index contributed by atoms with van der Waals surface area (Å²) in [5, 5.41) is 5.84. The van der Waals surface area contributed by atoms with Crippen molar-refractivity contribution in [2.24, 2.45) is 0 Å². The molecule has 7 heteroatoms. The lowest BCUT2D eigenvalue weighted by Crippen LogP contribution is -1.93. The van der Waals surface area contributed by atoms with Gasteiger partial charge >= 0.3 is 0 Å². The average molecular weight is 272 g/mol. The van der Waals surface area contributed by atoms with Crippen LogP contribution in [0.25, 0.3) is 11.4 Å². The summed E-state index contributed by atoms with van der Waals surface area (Å²) < 4.78 is 22.1. The van der Waals surface area contributed by atoms with E-state index < -0.39 is 9.05 Å². The van der Waals surface area contributed by atoms with Crippen LogP contribution in [0.4, 0.5) is 0 Å². The minimum Gasteiger partial charge on any atom is -0.248 e. The van der Waals surface area contributed by atoms with Crippen LogP contribution in [0.15, 0.2) is 29.4 Å². The Hall–Kier alpha value is -1.40. The molecule has 0 atom stereocenters. The van der Waals surface area contributed by atoms with Gasteiger partial charge < -0.3 is 0 Å². The topological polar surface area (TPSA) is 75.7 Å². The molecular weight excluding hydrogens is 262 g/mol. The molecule has 0 aliphatic rings. The molecule has 0 spiro atoms. The van der Waals surface area contributed by atoms with Gasteiger partial charge in [-0.1, -0.05) is 31.2 Å². The first-order chi connectivity index (χ1) is 8.02. The minimum atomic E-state index is -3.87. The molecule has 1 aromatic heterocycles. The molecule has 5 nitrogen and oxygen atoms in total. The molecular formula is C10H10ClN3O2S. The summed E-state index contributed by atoms with van der Waals surface area (Å²) in [6.07, 6.45) is 0.813. The number of hydrogen-bond donors (Lipinski definition) is 1. The number of H-pyrrole nitrogens is 1. The first-order valence-corrected chi connectivity index (χ1v) is 7.28. The van der Waals surface area contributed by atoms with Crippen molar-refractivity contribution in [1.29, 1.82) is 0 Å². The number of nitrogens with one attached hydrogen (secondary N) is 1. The molecule has 2 aromatic rings. The van der Waals surface area contributed by atoms with E-state index in [0.29, 0.717) is 5.82 Å². The van der Waals surface area contributed by atoms with Gasteiger partial charge in [0.2, 0.25) is 0 Å². The normalized spacial score (nSPS) is 11.6. The number of benzene rings is 1. The van der Waals surface area contributed by atoms with Crippen LogP contribution in [0.2, 0.25) is 0 Å². The van der Waals surface area contributed by atoms with E-state index in [-0.39, 0.29) is 5.16 Å². The van der Waals surface area contributed by atoms with E-state index in [1.54, 1.807) is 0 Å². The largest absolute Gasteiger partial charge is 0.296 e. The molecule has 0 bridgehead atoms.